The van der Waals surface area contributed by atoms with Gasteiger partial charge in [-0.15, -0.1) is 0 Å². The molecule has 2 unspecified atom stereocenters. The average molecular weight is 344 g/mol. The lowest BCUT2D eigenvalue weighted by molar-refractivity contribution is -0.141. The van der Waals surface area contributed by atoms with Crippen molar-refractivity contribution in [2.24, 2.45) is 0 Å². The van der Waals surface area contributed by atoms with Crippen LogP contribution < -0.4 is 4.74 Å². The molecule has 2 atom stereocenters. The molecule has 1 amide bonds. The van der Waals surface area contributed by atoms with Gasteiger partial charge in [-0.05, 0) is 25.1 Å². The lowest BCUT2D eigenvalue weighted by Crippen LogP contribution is -2.41. The molecule has 132 valence electrons. The molecular formula is C18H20N2O5. The molecule has 0 saturated carbocycles. The first kappa shape index (κ1) is 17.2. The lowest BCUT2D eigenvalue weighted by atomic mass is 10.1. The summed E-state index contributed by atoms with van der Waals surface area (Å²) in [6.45, 7) is 2.00. The number of methoxy groups -OCH3 is 2. The zero-order valence-corrected chi connectivity index (χ0v) is 14.4. The molecule has 1 aliphatic heterocycles. The van der Waals surface area contributed by atoms with Gasteiger partial charge < -0.3 is 19.5 Å². The molecule has 1 N–H and O–H groups in total. The van der Waals surface area contributed by atoms with Gasteiger partial charge >= 0.3 is 5.97 Å². The van der Waals surface area contributed by atoms with Crippen molar-refractivity contribution in [3.05, 3.63) is 35.5 Å². The molecule has 1 saturated heterocycles. The summed E-state index contributed by atoms with van der Waals surface area (Å²) in [5.41, 5.74) is 1.68. The number of carbonyl (C=O) groups excluding carboxylic acids is 1. The molecular weight excluding hydrogens is 324 g/mol. The van der Waals surface area contributed by atoms with Crippen LogP contribution in [-0.2, 0) is 9.53 Å². The van der Waals surface area contributed by atoms with Crippen LogP contribution in [0.15, 0.2) is 24.3 Å². The van der Waals surface area contributed by atoms with E-state index in [0.29, 0.717) is 17.0 Å². The van der Waals surface area contributed by atoms with Gasteiger partial charge in [-0.25, -0.2) is 4.79 Å². The van der Waals surface area contributed by atoms with Crippen molar-refractivity contribution >= 4 is 22.8 Å². The number of fused-ring (bicyclic) bond motifs is 1. The maximum atomic E-state index is 13.0. The molecule has 3 rings (SSSR count). The second-order valence-corrected chi connectivity index (χ2v) is 6.08. The van der Waals surface area contributed by atoms with E-state index in [9.17, 15) is 14.7 Å². The van der Waals surface area contributed by atoms with E-state index in [1.165, 1.54) is 12.0 Å². The standard InChI is InChI=1S/C18H20N2O5/c1-10-14(6-11-4-5-12(24-2)7-15(11)19-10)17(21)20-9-13(25-3)8-16(20)18(22)23/h4-7,13,16H,8-9H2,1-3H3,(H,22,23). The van der Waals surface area contributed by atoms with Crippen LogP contribution in [0.2, 0.25) is 0 Å². The van der Waals surface area contributed by atoms with Crippen molar-refractivity contribution in [1.29, 1.82) is 0 Å². The Hall–Kier alpha value is -2.67. The van der Waals surface area contributed by atoms with Crippen LogP contribution in [0.3, 0.4) is 0 Å². The number of aliphatic carboxylic acids is 1. The van der Waals surface area contributed by atoms with Crippen LogP contribution in [0.4, 0.5) is 0 Å². The van der Waals surface area contributed by atoms with E-state index in [1.54, 1.807) is 32.2 Å². The maximum absolute atomic E-state index is 13.0. The Kier molecular flexibility index (Phi) is 4.59. The number of aryl methyl sites for hydroxylation is 1. The van der Waals surface area contributed by atoms with Crippen LogP contribution >= 0.6 is 0 Å². The highest BCUT2D eigenvalue weighted by Crippen LogP contribution is 2.26. The highest BCUT2D eigenvalue weighted by molar-refractivity contribution is 6.00. The van der Waals surface area contributed by atoms with Crippen molar-refractivity contribution in [2.45, 2.75) is 25.5 Å². The molecule has 1 aliphatic rings. The largest absolute Gasteiger partial charge is 0.497 e. The molecule has 25 heavy (non-hydrogen) atoms. The fourth-order valence-electron chi connectivity index (χ4n) is 3.17. The highest BCUT2D eigenvalue weighted by atomic mass is 16.5. The van der Waals surface area contributed by atoms with Gasteiger partial charge in [-0.1, -0.05) is 0 Å². The quantitative estimate of drug-likeness (QED) is 0.911. The number of hydrogen-bond donors (Lipinski definition) is 1. The Labute approximate surface area is 145 Å². The third-order valence-corrected chi connectivity index (χ3v) is 4.59. The minimum atomic E-state index is -1.02. The Bertz CT molecular complexity index is 836. The number of nitrogens with zero attached hydrogens (tertiary/aromatic N) is 2. The second kappa shape index (κ2) is 6.68. The number of carbonyl (C=O) groups is 2. The van der Waals surface area contributed by atoms with Gasteiger partial charge in [0.25, 0.3) is 5.91 Å². The lowest BCUT2D eigenvalue weighted by Gasteiger charge is -2.22. The molecule has 1 aromatic carbocycles. The molecule has 1 aromatic heterocycles. The van der Waals surface area contributed by atoms with Crippen molar-refractivity contribution in [2.75, 3.05) is 20.8 Å². The molecule has 2 heterocycles. The summed E-state index contributed by atoms with van der Waals surface area (Å²) in [5.74, 6) is -0.675. The van der Waals surface area contributed by atoms with Gasteiger partial charge in [-0.2, -0.15) is 0 Å². The summed E-state index contributed by atoms with van der Waals surface area (Å²) in [6, 6.07) is 6.29. The van der Waals surface area contributed by atoms with Crippen LogP contribution in [0, 0.1) is 6.92 Å². The topological polar surface area (TPSA) is 89.0 Å². The van der Waals surface area contributed by atoms with Gasteiger partial charge in [0, 0.05) is 31.5 Å². The van der Waals surface area contributed by atoms with Crippen molar-refractivity contribution in [3.63, 3.8) is 0 Å². The molecule has 0 spiro atoms. The first-order valence-electron chi connectivity index (χ1n) is 7.96. The minimum Gasteiger partial charge on any atom is -0.497 e. The number of aromatic nitrogens is 1. The number of likely N-dealkylation sites (tertiary alicyclic amines) is 1. The van der Waals surface area contributed by atoms with E-state index >= 15 is 0 Å². The van der Waals surface area contributed by atoms with E-state index in [-0.39, 0.29) is 25.0 Å². The van der Waals surface area contributed by atoms with Gasteiger partial charge in [0.1, 0.15) is 11.8 Å². The first-order chi connectivity index (χ1) is 11.9. The van der Waals surface area contributed by atoms with Crippen LogP contribution in [0.25, 0.3) is 10.9 Å². The number of carboxylic acid groups (broad SMARTS) is 1. The van der Waals surface area contributed by atoms with Crippen LogP contribution in [0.5, 0.6) is 5.75 Å². The number of carboxylic acids is 1. The van der Waals surface area contributed by atoms with E-state index in [1.807, 2.05) is 6.07 Å². The van der Waals surface area contributed by atoms with E-state index in [4.69, 9.17) is 9.47 Å². The fraction of sp³-hybridized carbons (Fsp3) is 0.389. The number of benzene rings is 1. The summed E-state index contributed by atoms with van der Waals surface area (Å²) in [4.78, 5) is 30.3. The highest BCUT2D eigenvalue weighted by Gasteiger charge is 2.40. The van der Waals surface area contributed by atoms with Crippen molar-refractivity contribution < 1.29 is 24.2 Å². The smallest absolute Gasteiger partial charge is 0.326 e. The summed E-state index contributed by atoms with van der Waals surface area (Å²) in [6.07, 6.45) is 0.0116. The summed E-state index contributed by atoms with van der Waals surface area (Å²) < 4.78 is 10.4. The van der Waals surface area contributed by atoms with Gasteiger partial charge in [0.05, 0.1) is 30.0 Å². The zero-order valence-electron chi connectivity index (χ0n) is 14.4. The van der Waals surface area contributed by atoms with Crippen LogP contribution in [-0.4, -0.2) is 59.8 Å². The number of ether oxygens (including phenoxy) is 2. The van der Waals surface area contributed by atoms with E-state index < -0.39 is 12.0 Å². The Morgan fingerprint density at radius 1 is 1.28 bits per heavy atom. The average Bonchev–Trinajstić information content (AvgIpc) is 3.04. The Morgan fingerprint density at radius 3 is 2.68 bits per heavy atom. The molecule has 0 aliphatic carbocycles. The van der Waals surface area contributed by atoms with Gasteiger partial charge in [0.15, 0.2) is 0 Å². The van der Waals surface area contributed by atoms with Crippen LogP contribution in [0.1, 0.15) is 22.5 Å². The second-order valence-electron chi connectivity index (χ2n) is 6.08. The maximum Gasteiger partial charge on any atom is 0.326 e. The van der Waals surface area contributed by atoms with Gasteiger partial charge in [0.2, 0.25) is 0 Å². The molecule has 7 nitrogen and oxygen atoms in total. The summed E-state index contributed by atoms with van der Waals surface area (Å²) in [7, 11) is 3.10. The van der Waals surface area contributed by atoms with E-state index in [2.05, 4.69) is 4.98 Å². The minimum absolute atomic E-state index is 0.256. The zero-order chi connectivity index (χ0) is 18.1. The SMILES string of the molecule is COc1ccc2cc(C(=O)N3CC(OC)CC3C(=O)O)c(C)nc2c1. The van der Waals surface area contributed by atoms with Crippen molar-refractivity contribution in [3.8, 4) is 5.75 Å². The summed E-state index contributed by atoms with van der Waals surface area (Å²) >= 11 is 0. The molecule has 2 aromatic rings. The third-order valence-electron chi connectivity index (χ3n) is 4.59. The van der Waals surface area contributed by atoms with Gasteiger partial charge in [-0.3, -0.25) is 9.78 Å². The monoisotopic (exact) mass is 344 g/mol. The molecule has 7 heteroatoms. The predicted octanol–water partition coefficient (Wildman–Crippen LogP) is 1.87. The number of rotatable bonds is 4. The predicted molar refractivity (Wildman–Crippen MR) is 90.9 cm³/mol. The third kappa shape index (κ3) is 3.15. The van der Waals surface area contributed by atoms with Crippen molar-refractivity contribution in [1.82, 2.24) is 9.88 Å². The Balaban J connectivity index is 1.98. The normalized spacial score (nSPS) is 20.0. The first-order valence-corrected chi connectivity index (χ1v) is 7.96. The molecule has 1 fully saturated rings. The molecule has 0 bridgehead atoms. The molecule has 0 radical (unpaired) electrons. The number of pyridine rings is 1. The Morgan fingerprint density at radius 2 is 2.04 bits per heavy atom. The number of amides is 1. The number of hydrogen-bond acceptors (Lipinski definition) is 5. The fourth-order valence-corrected chi connectivity index (χ4v) is 3.17. The van der Waals surface area contributed by atoms with E-state index in [0.717, 1.165) is 10.9 Å². The summed E-state index contributed by atoms with van der Waals surface area (Å²) in [5, 5.41) is 10.2.